The molecule has 3 aromatic heterocycles. The number of aromatic nitrogens is 5. The summed E-state index contributed by atoms with van der Waals surface area (Å²) in [5, 5.41) is 16.8. The van der Waals surface area contributed by atoms with Crippen LogP contribution in [0.2, 0.25) is 0 Å². The van der Waals surface area contributed by atoms with Crippen LogP contribution in [0, 0.1) is 6.92 Å². The molecule has 32 heavy (non-hydrogen) atoms. The van der Waals surface area contributed by atoms with Crippen molar-refractivity contribution in [3.8, 4) is 21.8 Å². The van der Waals surface area contributed by atoms with Gasteiger partial charge in [-0.1, -0.05) is 23.5 Å². The fourth-order valence-electron chi connectivity index (χ4n) is 3.89. The van der Waals surface area contributed by atoms with E-state index in [1.165, 1.54) is 11.3 Å². The predicted octanol–water partition coefficient (Wildman–Crippen LogP) is 4.63. The molecule has 0 radical (unpaired) electrons. The molecule has 1 aliphatic rings. The largest absolute Gasteiger partial charge is 0.419 e. The van der Waals surface area contributed by atoms with Crippen molar-refractivity contribution >= 4 is 28.2 Å². The summed E-state index contributed by atoms with van der Waals surface area (Å²) >= 11 is 1.46. The van der Waals surface area contributed by atoms with Gasteiger partial charge in [0.1, 0.15) is 15.6 Å². The van der Waals surface area contributed by atoms with Gasteiger partial charge < -0.3 is 15.6 Å². The molecule has 11 heteroatoms. The van der Waals surface area contributed by atoms with E-state index in [2.05, 4.69) is 35.8 Å². The molecule has 0 bridgehead atoms. The summed E-state index contributed by atoms with van der Waals surface area (Å²) in [7, 11) is 0. The van der Waals surface area contributed by atoms with Crippen molar-refractivity contribution in [1.82, 2.24) is 30.5 Å². The zero-order chi connectivity index (χ0) is 22.3. The lowest BCUT2D eigenvalue weighted by atomic mass is 10.0. The summed E-state index contributed by atoms with van der Waals surface area (Å²) in [5.74, 6) is 0.192. The molecule has 1 saturated heterocycles. The molecule has 7 nitrogen and oxygen atoms in total. The SMILES string of the molecule is Cc1nnc(-c2ccc3c(-c4nc(N[C@H]5CCCNC5)ncc4C(F)(F)F)c[nH]c3c2)s1. The van der Waals surface area contributed by atoms with Gasteiger partial charge in [-0.25, -0.2) is 9.97 Å². The van der Waals surface area contributed by atoms with Crippen molar-refractivity contribution in [1.29, 1.82) is 0 Å². The summed E-state index contributed by atoms with van der Waals surface area (Å²) in [5.41, 5.74) is 0.907. The summed E-state index contributed by atoms with van der Waals surface area (Å²) in [4.78, 5) is 11.3. The van der Waals surface area contributed by atoms with Crippen LogP contribution in [0.25, 0.3) is 32.7 Å². The molecule has 5 rings (SSSR count). The second-order valence-electron chi connectivity index (χ2n) is 7.73. The maximum atomic E-state index is 13.8. The molecule has 0 saturated carbocycles. The van der Waals surface area contributed by atoms with E-state index in [9.17, 15) is 13.2 Å². The lowest BCUT2D eigenvalue weighted by Gasteiger charge is -2.24. The molecule has 4 heterocycles. The Morgan fingerprint density at radius 3 is 2.81 bits per heavy atom. The third kappa shape index (κ3) is 4.05. The summed E-state index contributed by atoms with van der Waals surface area (Å²) in [6.07, 6.45) is -0.257. The topological polar surface area (TPSA) is 91.4 Å². The first-order valence-corrected chi connectivity index (χ1v) is 11.0. The van der Waals surface area contributed by atoms with Gasteiger partial charge in [0.2, 0.25) is 5.95 Å². The number of hydrogen-bond donors (Lipinski definition) is 3. The quantitative estimate of drug-likeness (QED) is 0.412. The lowest BCUT2D eigenvalue weighted by molar-refractivity contribution is -0.137. The van der Waals surface area contributed by atoms with E-state index in [1.807, 2.05) is 19.1 Å². The van der Waals surface area contributed by atoms with Gasteiger partial charge in [0, 0.05) is 47.0 Å². The van der Waals surface area contributed by atoms with E-state index >= 15 is 0 Å². The second-order valence-corrected chi connectivity index (χ2v) is 8.91. The number of rotatable bonds is 4. The highest BCUT2D eigenvalue weighted by Gasteiger charge is 2.36. The third-order valence-corrected chi connectivity index (χ3v) is 6.32. The molecule has 1 atom stereocenters. The van der Waals surface area contributed by atoms with Crippen LogP contribution in [-0.2, 0) is 6.18 Å². The first kappa shape index (κ1) is 20.8. The van der Waals surface area contributed by atoms with Crippen molar-refractivity contribution in [2.75, 3.05) is 18.4 Å². The van der Waals surface area contributed by atoms with E-state index in [-0.39, 0.29) is 17.7 Å². The fraction of sp³-hybridized carbons (Fsp3) is 0.333. The van der Waals surface area contributed by atoms with Gasteiger partial charge >= 0.3 is 6.18 Å². The smallest absolute Gasteiger partial charge is 0.360 e. The highest BCUT2D eigenvalue weighted by atomic mass is 32.1. The average molecular weight is 460 g/mol. The molecule has 0 unspecified atom stereocenters. The monoisotopic (exact) mass is 459 g/mol. The van der Waals surface area contributed by atoms with E-state index in [1.54, 1.807) is 12.3 Å². The molecule has 0 spiro atoms. The van der Waals surface area contributed by atoms with E-state index in [0.717, 1.165) is 47.7 Å². The van der Waals surface area contributed by atoms with Gasteiger partial charge in [0.05, 0.1) is 5.69 Å². The normalized spacial score (nSPS) is 17.1. The summed E-state index contributed by atoms with van der Waals surface area (Å²) in [6.45, 7) is 3.53. The van der Waals surface area contributed by atoms with E-state index in [4.69, 9.17) is 0 Å². The Morgan fingerprint density at radius 1 is 1.22 bits per heavy atom. The highest BCUT2D eigenvalue weighted by molar-refractivity contribution is 7.14. The van der Waals surface area contributed by atoms with Crippen molar-refractivity contribution < 1.29 is 13.2 Å². The van der Waals surface area contributed by atoms with Gasteiger partial charge in [-0.05, 0) is 32.4 Å². The first-order valence-electron chi connectivity index (χ1n) is 10.2. The number of benzene rings is 1. The Hall–Kier alpha value is -3.05. The van der Waals surface area contributed by atoms with Gasteiger partial charge in [-0.15, -0.1) is 10.2 Å². The molecule has 1 aliphatic heterocycles. The maximum Gasteiger partial charge on any atom is 0.419 e. The first-order chi connectivity index (χ1) is 15.4. The summed E-state index contributed by atoms with van der Waals surface area (Å²) in [6, 6.07) is 5.56. The molecule has 4 aromatic rings. The number of H-pyrrole nitrogens is 1. The average Bonchev–Trinajstić information content (AvgIpc) is 3.39. The third-order valence-electron chi connectivity index (χ3n) is 5.43. The Balaban J connectivity index is 1.56. The van der Waals surface area contributed by atoms with Crippen LogP contribution in [0.1, 0.15) is 23.4 Å². The standard InChI is InChI=1S/C21H20F3N7S/c1-11-30-31-19(32-11)12-4-5-14-15(9-26-17(14)7-12)18-16(21(22,23)24)10-27-20(29-18)28-13-3-2-6-25-8-13/h4-5,7,9-10,13,25-26H,2-3,6,8H2,1H3,(H,27,28,29)/t13-/m0/s1. The second kappa shape index (κ2) is 8.14. The number of aromatic amines is 1. The number of hydrogen-bond acceptors (Lipinski definition) is 7. The van der Waals surface area contributed by atoms with Gasteiger partial charge in [0.15, 0.2) is 0 Å². The molecule has 0 amide bonds. The van der Waals surface area contributed by atoms with Crippen LogP contribution in [0.3, 0.4) is 0 Å². The van der Waals surface area contributed by atoms with Crippen LogP contribution in [0.5, 0.6) is 0 Å². The van der Waals surface area contributed by atoms with Gasteiger partial charge in [-0.2, -0.15) is 13.2 Å². The Morgan fingerprint density at radius 2 is 2.09 bits per heavy atom. The minimum atomic E-state index is -4.58. The minimum Gasteiger partial charge on any atom is -0.360 e. The molecule has 3 N–H and O–H groups in total. The van der Waals surface area contributed by atoms with Gasteiger partial charge in [-0.3, -0.25) is 0 Å². The Bertz CT molecular complexity index is 1260. The van der Waals surface area contributed by atoms with Crippen molar-refractivity contribution in [2.45, 2.75) is 32.0 Å². The molecular formula is C21H20F3N7S. The number of anilines is 1. The van der Waals surface area contributed by atoms with Crippen molar-refractivity contribution in [3.05, 3.63) is 41.2 Å². The molecule has 1 aromatic carbocycles. The Labute approximate surface area is 185 Å². The number of nitrogens with zero attached hydrogens (tertiary/aromatic N) is 4. The summed E-state index contributed by atoms with van der Waals surface area (Å²) < 4.78 is 41.4. The Kier molecular flexibility index (Phi) is 5.30. The van der Waals surface area contributed by atoms with Crippen LogP contribution in [0.15, 0.2) is 30.6 Å². The van der Waals surface area contributed by atoms with E-state index < -0.39 is 11.7 Å². The van der Waals surface area contributed by atoms with Crippen LogP contribution < -0.4 is 10.6 Å². The predicted molar refractivity (Wildman–Crippen MR) is 117 cm³/mol. The highest BCUT2D eigenvalue weighted by Crippen LogP contribution is 2.39. The van der Waals surface area contributed by atoms with Gasteiger partial charge in [0.25, 0.3) is 0 Å². The number of nitrogens with one attached hydrogen (secondary N) is 3. The number of aryl methyl sites for hydroxylation is 1. The molecule has 166 valence electrons. The van der Waals surface area contributed by atoms with Crippen LogP contribution in [-0.4, -0.2) is 44.3 Å². The number of fused-ring (bicyclic) bond motifs is 1. The van der Waals surface area contributed by atoms with Crippen LogP contribution >= 0.6 is 11.3 Å². The van der Waals surface area contributed by atoms with E-state index in [0.29, 0.717) is 16.5 Å². The van der Waals surface area contributed by atoms with Crippen LogP contribution in [0.4, 0.5) is 19.1 Å². The minimum absolute atomic E-state index is 0.0780. The number of halogens is 3. The fourth-order valence-corrected chi connectivity index (χ4v) is 4.58. The zero-order valence-corrected chi connectivity index (χ0v) is 17.9. The maximum absolute atomic E-state index is 13.8. The number of piperidine rings is 1. The zero-order valence-electron chi connectivity index (χ0n) is 17.1. The van der Waals surface area contributed by atoms with Crippen molar-refractivity contribution in [2.24, 2.45) is 0 Å². The van der Waals surface area contributed by atoms with Crippen molar-refractivity contribution in [3.63, 3.8) is 0 Å². The number of alkyl halides is 3. The molecule has 0 aliphatic carbocycles. The molecular weight excluding hydrogens is 439 g/mol. The molecule has 1 fully saturated rings. The lowest BCUT2D eigenvalue weighted by Crippen LogP contribution is -2.38.